The molecule has 0 spiro atoms. The Morgan fingerprint density at radius 1 is 1.78 bits per heavy atom. The summed E-state index contributed by atoms with van der Waals surface area (Å²) >= 11 is 0.422. The number of nitrogens with zero attached hydrogens (tertiary/aromatic N) is 2. The van der Waals surface area contributed by atoms with Crippen LogP contribution in [0.1, 0.15) is 5.69 Å². The minimum absolute atomic E-state index is 0.422. The third kappa shape index (κ3) is 1.13. The first-order valence-corrected chi connectivity index (χ1v) is 3.28. The van der Waals surface area contributed by atoms with Gasteiger partial charge in [-0.3, -0.25) is 4.68 Å². The summed E-state index contributed by atoms with van der Waals surface area (Å²) in [7, 11) is 1.81. The average Bonchev–Trinajstić information content (AvgIpc) is 2.13. The van der Waals surface area contributed by atoms with E-state index >= 15 is 0 Å². The molecule has 0 unspecified atom stereocenters. The van der Waals surface area contributed by atoms with E-state index in [4.69, 9.17) is 0 Å². The highest BCUT2D eigenvalue weighted by Crippen LogP contribution is 1.99. The molecule has 48 valence electrons. The van der Waals surface area contributed by atoms with E-state index in [2.05, 4.69) is 5.10 Å². The van der Waals surface area contributed by atoms with E-state index < -0.39 is 0 Å². The lowest BCUT2D eigenvalue weighted by molar-refractivity contribution is 0.601. The molecule has 4 heteroatoms. The van der Waals surface area contributed by atoms with Gasteiger partial charge in [0.15, 0.2) is 0 Å². The number of aryl methyl sites for hydroxylation is 2. The number of aromatic nitrogens is 2. The smallest absolute Gasteiger partial charge is 0.267 e. The lowest BCUT2D eigenvalue weighted by Gasteiger charge is -1.85. The van der Waals surface area contributed by atoms with Gasteiger partial charge in [-0.2, -0.15) is 0 Å². The summed E-state index contributed by atoms with van der Waals surface area (Å²) in [5, 5.41) is 4.43. The Kier molecular flexibility index (Phi) is 1.57. The van der Waals surface area contributed by atoms with E-state index in [1.165, 1.54) is 0 Å². The van der Waals surface area contributed by atoms with Gasteiger partial charge in [-0.05, 0) is 6.92 Å². The molecule has 3 nitrogen and oxygen atoms in total. The van der Waals surface area contributed by atoms with Gasteiger partial charge in [0, 0.05) is 17.0 Å². The second-order valence-electron chi connectivity index (χ2n) is 1.83. The average molecular weight is 143 g/mol. The van der Waals surface area contributed by atoms with E-state index in [0.29, 0.717) is 16.7 Å². The zero-order valence-corrected chi connectivity index (χ0v) is 6.10. The summed E-state index contributed by atoms with van der Waals surface area (Å²) in [5.41, 5.74) is 1.01. The zero-order chi connectivity index (χ0) is 6.85. The van der Waals surface area contributed by atoms with E-state index in [-0.39, 0.29) is 0 Å². The van der Waals surface area contributed by atoms with Gasteiger partial charge in [0.2, 0.25) is 0 Å². The lowest BCUT2D eigenvalue weighted by atomic mass is 10.5. The molecule has 0 atom stereocenters. The van der Waals surface area contributed by atoms with E-state index in [1.54, 1.807) is 10.7 Å². The van der Waals surface area contributed by atoms with Gasteiger partial charge >= 0.3 is 16.7 Å². The zero-order valence-electron chi connectivity index (χ0n) is 5.29. The standard InChI is InChI=1S/C5H7N2OS/c1-4-3-5(9-8)6-7(4)2/h3H,1-2H3/q+1. The monoisotopic (exact) mass is 143 g/mol. The molecule has 0 fully saturated rings. The van der Waals surface area contributed by atoms with E-state index in [9.17, 15) is 4.21 Å². The van der Waals surface area contributed by atoms with Crippen molar-refractivity contribution >= 4 is 11.7 Å². The fourth-order valence-electron chi connectivity index (χ4n) is 0.568. The van der Waals surface area contributed by atoms with Crippen molar-refractivity contribution in [3.63, 3.8) is 0 Å². The van der Waals surface area contributed by atoms with Gasteiger partial charge in [-0.15, -0.1) is 5.10 Å². The molecule has 1 rings (SSSR count). The Balaban J connectivity index is 3.11. The van der Waals surface area contributed by atoms with Crippen molar-refractivity contribution in [2.45, 2.75) is 11.9 Å². The predicted octanol–water partition coefficient (Wildman–Crippen LogP) is 0.516. The van der Waals surface area contributed by atoms with Crippen LogP contribution in [0.25, 0.3) is 0 Å². The first kappa shape index (κ1) is 6.35. The molecule has 0 amide bonds. The predicted molar refractivity (Wildman–Crippen MR) is 34.3 cm³/mol. The summed E-state index contributed by atoms with van der Waals surface area (Å²) in [5.74, 6) is 0. The van der Waals surface area contributed by atoms with Crippen molar-refractivity contribution in [1.29, 1.82) is 0 Å². The Hall–Kier alpha value is -0.770. The molecule has 1 heterocycles. The molecule has 0 aliphatic heterocycles. The SMILES string of the molecule is Cc1cc([S+]=O)nn1C. The van der Waals surface area contributed by atoms with Crippen molar-refractivity contribution in [2.24, 2.45) is 7.05 Å². The fraction of sp³-hybridized carbons (Fsp3) is 0.400. The number of hydrogen-bond donors (Lipinski definition) is 0. The molecule has 1 aromatic heterocycles. The Morgan fingerprint density at radius 3 is 2.67 bits per heavy atom. The maximum atomic E-state index is 10.1. The molecule has 0 aliphatic rings. The fourth-order valence-corrected chi connectivity index (χ4v) is 0.943. The Morgan fingerprint density at radius 2 is 2.44 bits per heavy atom. The second kappa shape index (κ2) is 2.23. The number of rotatable bonds is 1. The van der Waals surface area contributed by atoms with Gasteiger partial charge in [-0.25, -0.2) is 0 Å². The van der Waals surface area contributed by atoms with E-state index in [0.717, 1.165) is 5.69 Å². The first-order valence-electron chi connectivity index (χ1n) is 2.54. The molecule has 0 N–H and O–H groups in total. The van der Waals surface area contributed by atoms with Crippen molar-refractivity contribution < 1.29 is 4.21 Å². The van der Waals surface area contributed by atoms with Gasteiger partial charge in [0.05, 0.1) is 6.07 Å². The summed E-state index contributed by atoms with van der Waals surface area (Å²) < 4.78 is 11.8. The molecule has 0 aromatic carbocycles. The highest BCUT2D eigenvalue weighted by atomic mass is 32.1. The molecule has 0 radical (unpaired) electrons. The van der Waals surface area contributed by atoms with Crippen LogP contribution in [0.4, 0.5) is 0 Å². The second-order valence-corrected chi connectivity index (χ2v) is 2.42. The molecule has 0 aliphatic carbocycles. The first-order chi connectivity index (χ1) is 4.24. The molecule has 1 aromatic rings. The van der Waals surface area contributed by atoms with Gasteiger partial charge in [-0.1, -0.05) is 0 Å². The topological polar surface area (TPSA) is 34.9 Å². The van der Waals surface area contributed by atoms with Crippen LogP contribution < -0.4 is 0 Å². The summed E-state index contributed by atoms with van der Waals surface area (Å²) in [6, 6.07) is 1.76. The van der Waals surface area contributed by atoms with Gasteiger partial charge in [0.25, 0.3) is 0 Å². The normalized spacial score (nSPS) is 9.56. The maximum Gasteiger partial charge on any atom is 0.528 e. The third-order valence-electron chi connectivity index (χ3n) is 1.18. The van der Waals surface area contributed by atoms with Crippen molar-refractivity contribution in [1.82, 2.24) is 9.78 Å². The molecule has 0 bridgehead atoms. The maximum absolute atomic E-state index is 10.1. The molecular weight excluding hydrogens is 136 g/mol. The van der Waals surface area contributed by atoms with Crippen LogP contribution in [0.5, 0.6) is 0 Å². The highest BCUT2D eigenvalue weighted by Gasteiger charge is 2.11. The molecular formula is C5H7N2OS+. The third-order valence-corrected chi connectivity index (χ3v) is 1.55. The molecule has 0 saturated heterocycles. The van der Waals surface area contributed by atoms with Gasteiger partial charge < -0.3 is 0 Å². The minimum atomic E-state index is 0.422. The van der Waals surface area contributed by atoms with Crippen LogP contribution >= 0.6 is 0 Å². The van der Waals surface area contributed by atoms with E-state index in [1.807, 2.05) is 14.0 Å². The quantitative estimate of drug-likeness (QED) is 0.537. The van der Waals surface area contributed by atoms with Gasteiger partial charge in [0.1, 0.15) is 0 Å². The van der Waals surface area contributed by atoms with Crippen molar-refractivity contribution in [2.75, 3.05) is 0 Å². The van der Waals surface area contributed by atoms with Crippen LogP contribution in [0.3, 0.4) is 0 Å². The van der Waals surface area contributed by atoms with Crippen LogP contribution in [-0.2, 0) is 22.9 Å². The van der Waals surface area contributed by atoms with Crippen molar-refractivity contribution in [3.05, 3.63) is 11.8 Å². The largest absolute Gasteiger partial charge is 0.528 e. The molecule has 9 heavy (non-hydrogen) atoms. The Bertz CT molecular complexity index is 211. The highest BCUT2D eigenvalue weighted by molar-refractivity contribution is 7.65. The molecule has 0 saturated carbocycles. The van der Waals surface area contributed by atoms with Crippen LogP contribution in [0.2, 0.25) is 0 Å². The van der Waals surface area contributed by atoms with Crippen molar-refractivity contribution in [3.8, 4) is 0 Å². The summed E-state index contributed by atoms with van der Waals surface area (Å²) in [6.45, 7) is 1.91. The summed E-state index contributed by atoms with van der Waals surface area (Å²) in [4.78, 5) is 0. The minimum Gasteiger partial charge on any atom is -0.267 e. The Labute approximate surface area is 57.2 Å². The summed E-state index contributed by atoms with van der Waals surface area (Å²) in [6.07, 6.45) is 0. The van der Waals surface area contributed by atoms with Crippen LogP contribution in [0, 0.1) is 6.92 Å². The van der Waals surface area contributed by atoms with Crippen LogP contribution in [0.15, 0.2) is 11.1 Å². The lowest BCUT2D eigenvalue weighted by Crippen LogP contribution is -1.91. The van der Waals surface area contributed by atoms with Crippen LogP contribution in [-0.4, -0.2) is 9.78 Å². The number of hydrogen-bond acceptors (Lipinski definition) is 2.